The maximum absolute atomic E-state index is 15.0. The van der Waals surface area contributed by atoms with Crippen molar-refractivity contribution in [2.75, 3.05) is 0 Å². The van der Waals surface area contributed by atoms with Crippen LogP contribution in [0.2, 0.25) is 0 Å². The van der Waals surface area contributed by atoms with Gasteiger partial charge in [0.05, 0.1) is 0 Å². The van der Waals surface area contributed by atoms with Crippen LogP contribution in [0.4, 0.5) is 8.78 Å². The van der Waals surface area contributed by atoms with Crippen molar-refractivity contribution in [3.05, 3.63) is 47.5 Å². The van der Waals surface area contributed by atoms with Crippen LogP contribution in [0.25, 0.3) is 10.8 Å². The Balaban J connectivity index is 1.59. The molecule has 2 aliphatic rings. The number of fused-ring (bicyclic) bond motifs is 2. The second-order valence-electron chi connectivity index (χ2n) is 7.95. The summed E-state index contributed by atoms with van der Waals surface area (Å²) in [5.41, 5.74) is 0.809. The zero-order valence-corrected chi connectivity index (χ0v) is 14.4. The first kappa shape index (κ1) is 16.1. The highest BCUT2D eigenvalue weighted by atomic mass is 19.1. The Morgan fingerprint density at radius 2 is 1.67 bits per heavy atom. The number of rotatable bonds is 2. The Bertz CT molecular complexity index is 736. The van der Waals surface area contributed by atoms with E-state index in [9.17, 15) is 4.39 Å². The molecular formula is C22H26F2. The van der Waals surface area contributed by atoms with Crippen LogP contribution in [0.3, 0.4) is 0 Å². The van der Waals surface area contributed by atoms with Crippen molar-refractivity contribution in [1.29, 1.82) is 0 Å². The molecule has 2 aromatic rings. The van der Waals surface area contributed by atoms with Gasteiger partial charge >= 0.3 is 0 Å². The van der Waals surface area contributed by atoms with Crippen molar-refractivity contribution in [1.82, 2.24) is 0 Å². The van der Waals surface area contributed by atoms with Gasteiger partial charge in [0.15, 0.2) is 0 Å². The molecule has 0 heterocycles. The largest absolute Gasteiger partial charge is 0.207 e. The average molecular weight is 328 g/mol. The van der Waals surface area contributed by atoms with Crippen molar-refractivity contribution in [2.45, 2.75) is 57.8 Å². The van der Waals surface area contributed by atoms with Crippen molar-refractivity contribution in [3.63, 3.8) is 0 Å². The summed E-state index contributed by atoms with van der Waals surface area (Å²) in [5.74, 6) is 2.26. The molecule has 0 N–H and O–H groups in total. The first-order valence-electron chi connectivity index (χ1n) is 9.53. The van der Waals surface area contributed by atoms with E-state index in [-0.39, 0.29) is 11.6 Å². The summed E-state index contributed by atoms with van der Waals surface area (Å²) in [6.07, 6.45) is 8.75. The normalized spacial score (nSPS) is 30.3. The average Bonchev–Trinajstić information content (AvgIpc) is 2.61. The predicted molar refractivity (Wildman–Crippen MR) is 95.1 cm³/mol. The van der Waals surface area contributed by atoms with Crippen molar-refractivity contribution in [3.8, 4) is 0 Å². The van der Waals surface area contributed by atoms with Gasteiger partial charge in [-0.1, -0.05) is 38.0 Å². The Labute approximate surface area is 143 Å². The number of hydrogen-bond acceptors (Lipinski definition) is 0. The lowest BCUT2D eigenvalue weighted by Crippen LogP contribution is -2.30. The standard InChI is InChI=1S/C22H26F2/c1-2-14-3-4-17-12-18(6-5-16(17)11-14)20-10-8-15-7-9-19(23)13-21(15)22(20)24/h7-10,13-14,16-18H,2-6,11-12H2,1H3. The third-order valence-corrected chi connectivity index (χ3v) is 6.69. The quantitative estimate of drug-likeness (QED) is 0.567. The number of halogens is 2. The molecule has 2 aromatic carbocycles. The molecule has 128 valence electrons. The fraction of sp³-hybridized carbons (Fsp3) is 0.545. The van der Waals surface area contributed by atoms with E-state index < -0.39 is 0 Å². The Kier molecular flexibility index (Phi) is 4.32. The van der Waals surface area contributed by atoms with Crippen LogP contribution in [0.15, 0.2) is 30.3 Å². The minimum atomic E-state index is -0.361. The molecule has 0 nitrogen and oxygen atoms in total. The zero-order chi connectivity index (χ0) is 16.7. The second-order valence-corrected chi connectivity index (χ2v) is 7.95. The van der Waals surface area contributed by atoms with E-state index >= 15 is 4.39 Å². The molecule has 0 radical (unpaired) electrons. The fourth-order valence-electron chi connectivity index (χ4n) is 5.23. The molecule has 0 bridgehead atoms. The Morgan fingerprint density at radius 3 is 2.50 bits per heavy atom. The monoisotopic (exact) mass is 328 g/mol. The summed E-state index contributed by atoms with van der Waals surface area (Å²) in [7, 11) is 0. The van der Waals surface area contributed by atoms with E-state index in [0.717, 1.165) is 41.5 Å². The zero-order valence-electron chi connectivity index (χ0n) is 14.4. The third-order valence-electron chi connectivity index (χ3n) is 6.69. The number of benzene rings is 2. The van der Waals surface area contributed by atoms with Crippen LogP contribution in [0, 0.1) is 29.4 Å². The lowest BCUT2D eigenvalue weighted by Gasteiger charge is -2.42. The summed E-state index contributed by atoms with van der Waals surface area (Å²) in [4.78, 5) is 0. The highest BCUT2D eigenvalue weighted by Gasteiger charge is 2.36. The summed E-state index contributed by atoms with van der Waals surface area (Å²) in [6.45, 7) is 2.31. The first-order valence-corrected chi connectivity index (χ1v) is 9.53. The van der Waals surface area contributed by atoms with Crippen molar-refractivity contribution < 1.29 is 8.78 Å². The van der Waals surface area contributed by atoms with Gasteiger partial charge in [-0.15, -0.1) is 0 Å². The van der Waals surface area contributed by atoms with E-state index in [1.807, 2.05) is 12.1 Å². The van der Waals surface area contributed by atoms with Crippen LogP contribution >= 0.6 is 0 Å². The van der Waals surface area contributed by atoms with Crippen LogP contribution in [-0.4, -0.2) is 0 Å². The summed E-state index contributed by atoms with van der Waals surface area (Å²) < 4.78 is 28.5. The van der Waals surface area contributed by atoms with Gasteiger partial charge in [0.2, 0.25) is 0 Å². The smallest absolute Gasteiger partial charge is 0.134 e. The first-order chi connectivity index (χ1) is 11.7. The third kappa shape index (κ3) is 2.85. The van der Waals surface area contributed by atoms with Crippen LogP contribution < -0.4 is 0 Å². The van der Waals surface area contributed by atoms with E-state index in [4.69, 9.17) is 0 Å². The van der Waals surface area contributed by atoms with Crippen molar-refractivity contribution in [2.24, 2.45) is 17.8 Å². The van der Waals surface area contributed by atoms with Gasteiger partial charge in [0, 0.05) is 5.39 Å². The van der Waals surface area contributed by atoms with Crippen molar-refractivity contribution >= 4 is 10.8 Å². The maximum Gasteiger partial charge on any atom is 0.134 e. The molecular weight excluding hydrogens is 302 g/mol. The molecule has 4 rings (SSSR count). The molecule has 2 saturated carbocycles. The van der Waals surface area contributed by atoms with Crippen LogP contribution in [-0.2, 0) is 0 Å². The van der Waals surface area contributed by atoms with Gasteiger partial charge < -0.3 is 0 Å². The van der Waals surface area contributed by atoms with E-state index in [2.05, 4.69) is 6.92 Å². The molecule has 0 saturated heterocycles. The van der Waals surface area contributed by atoms with Gasteiger partial charge in [-0.3, -0.25) is 0 Å². The highest BCUT2D eigenvalue weighted by molar-refractivity contribution is 5.84. The highest BCUT2D eigenvalue weighted by Crippen LogP contribution is 2.48. The van der Waals surface area contributed by atoms with Gasteiger partial charge in [-0.25, -0.2) is 8.78 Å². The molecule has 0 spiro atoms. The maximum atomic E-state index is 15.0. The molecule has 0 aromatic heterocycles. The van der Waals surface area contributed by atoms with E-state index in [0.29, 0.717) is 11.3 Å². The van der Waals surface area contributed by atoms with Gasteiger partial charge in [0.1, 0.15) is 11.6 Å². The molecule has 0 amide bonds. The molecule has 24 heavy (non-hydrogen) atoms. The predicted octanol–water partition coefficient (Wildman–Crippen LogP) is 6.83. The van der Waals surface area contributed by atoms with Gasteiger partial charge in [-0.05, 0) is 78.9 Å². The van der Waals surface area contributed by atoms with Crippen LogP contribution in [0.5, 0.6) is 0 Å². The van der Waals surface area contributed by atoms with E-state index in [1.165, 1.54) is 44.2 Å². The van der Waals surface area contributed by atoms with Gasteiger partial charge in [0.25, 0.3) is 0 Å². The minimum absolute atomic E-state index is 0.197. The molecule has 2 aliphatic carbocycles. The van der Waals surface area contributed by atoms with Crippen LogP contribution in [0.1, 0.15) is 63.4 Å². The lowest BCUT2D eigenvalue weighted by molar-refractivity contribution is 0.116. The fourth-order valence-corrected chi connectivity index (χ4v) is 5.23. The minimum Gasteiger partial charge on any atom is -0.207 e. The summed E-state index contributed by atoms with van der Waals surface area (Å²) >= 11 is 0. The molecule has 2 fully saturated rings. The molecule has 4 unspecified atom stereocenters. The second kappa shape index (κ2) is 6.46. The Morgan fingerprint density at radius 1 is 0.917 bits per heavy atom. The topological polar surface area (TPSA) is 0 Å². The molecule has 2 heteroatoms. The molecule has 4 atom stereocenters. The molecule has 0 aliphatic heterocycles. The lowest BCUT2D eigenvalue weighted by atomic mass is 9.63. The van der Waals surface area contributed by atoms with Gasteiger partial charge in [-0.2, -0.15) is 0 Å². The summed E-state index contributed by atoms with van der Waals surface area (Å²) in [5, 5.41) is 1.22. The Hall–Kier alpha value is -1.44. The number of hydrogen-bond donors (Lipinski definition) is 0. The van der Waals surface area contributed by atoms with E-state index in [1.54, 1.807) is 6.07 Å². The summed E-state index contributed by atoms with van der Waals surface area (Å²) in [6, 6.07) is 8.30. The SMILES string of the molecule is CCC1CCC2CC(c3ccc4ccc(F)cc4c3F)CCC2C1.